The minimum Gasteiger partial charge on any atom is -0.396 e. The quantitative estimate of drug-likeness (QED) is 0.558. The molecule has 1 aromatic heterocycles. The largest absolute Gasteiger partial charge is 0.396 e. The molecule has 2 aromatic carbocycles. The summed E-state index contributed by atoms with van der Waals surface area (Å²) in [5.74, 6) is 0.320. The number of fused-ring (bicyclic) bond motifs is 2. The maximum atomic E-state index is 13.2. The number of carbonyl (C=O) groups is 1. The van der Waals surface area contributed by atoms with E-state index in [1.807, 2.05) is 31.2 Å². The van der Waals surface area contributed by atoms with Crippen molar-refractivity contribution in [2.75, 3.05) is 18.1 Å². The van der Waals surface area contributed by atoms with Gasteiger partial charge in [-0.3, -0.25) is 14.2 Å². The number of anilines is 1. The molecule has 0 saturated heterocycles. The number of carbonyl (C=O) groups excluding carboxylic acids is 1. The normalized spacial score (nSPS) is 14.7. The summed E-state index contributed by atoms with van der Waals surface area (Å²) in [6.45, 7) is 2.94. The van der Waals surface area contributed by atoms with E-state index in [1.54, 1.807) is 33.7 Å². The molecule has 0 bridgehead atoms. The lowest BCUT2D eigenvalue weighted by Crippen LogP contribution is -2.27. The number of hydrogen-bond donors (Lipinski definition) is 1. The number of amides is 1. The van der Waals surface area contributed by atoms with Crippen LogP contribution in [0.2, 0.25) is 0 Å². The van der Waals surface area contributed by atoms with E-state index in [9.17, 15) is 14.7 Å². The van der Waals surface area contributed by atoms with Crippen molar-refractivity contribution < 1.29 is 9.90 Å². The number of aromatic nitrogens is 2. The minimum atomic E-state index is -0.175. The van der Waals surface area contributed by atoms with E-state index in [2.05, 4.69) is 20.9 Å². The van der Waals surface area contributed by atoms with Crippen molar-refractivity contribution in [1.29, 1.82) is 0 Å². The number of aliphatic hydroxyl groups excluding tert-OH is 1. The molecule has 154 valence electrons. The highest BCUT2D eigenvalue weighted by molar-refractivity contribution is 9.10. The molecule has 0 spiro atoms. The van der Waals surface area contributed by atoms with Crippen molar-refractivity contribution in [3.8, 4) is 0 Å². The molecule has 4 rings (SSSR count). The summed E-state index contributed by atoms with van der Waals surface area (Å²) in [6.07, 6.45) is 2.96. The van der Waals surface area contributed by atoms with Gasteiger partial charge in [-0.15, -0.1) is 0 Å². The van der Waals surface area contributed by atoms with Crippen LogP contribution in [-0.4, -0.2) is 33.7 Å². The predicted octanol–water partition coefficient (Wildman–Crippen LogP) is 3.84. The van der Waals surface area contributed by atoms with E-state index < -0.39 is 0 Å². The van der Waals surface area contributed by atoms with Gasteiger partial charge in [0, 0.05) is 29.7 Å². The molecule has 1 N–H and O–H groups in total. The molecule has 0 aliphatic carbocycles. The number of hydrogen-bond acceptors (Lipinski definition) is 4. The molecule has 0 atom stereocenters. The molecule has 3 aromatic rings. The van der Waals surface area contributed by atoms with Gasteiger partial charge in [0.15, 0.2) is 0 Å². The third-order valence-corrected chi connectivity index (χ3v) is 5.66. The van der Waals surface area contributed by atoms with Gasteiger partial charge in [-0.2, -0.15) is 0 Å². The summed E-state index contributed by atoms with van der Waals surface area (Å²) in [6, 6.07) is 12.9. The van der Waals surface area contributed by atoms with Crippen LogP contribution in [0, 0.1) is 0 Å². The second-order valence-electron chi connectivity index (χ2n) is 7.20. The smallest absolute Gasteiger partial charge is 0.261 e. The van der Waals surface area contributed by atoms with Crippen LogP contribution in [-0.2, 0) is 11.3 Å². The SMILES string of the molecule is CCCN1C(=O)C(=Cc2nc3ccccc3c(=O)n2CCCO)c2cc(Br)ccc21. The second kappa shape index (κ2) is 8.53. The van der Waals surface area contributed by atoms with Crippen molar-refractivity contribution in [1.82, 2.24) is 9.55 Å². The number of nitrogens with zero attached hydrogens (tertiary/aromatic N) is 3. The molecule has 30 heavy (non-hydrogen) atoms. The first-order chi connectivity index (χ1) is 14.5. The molecule has 6 nitrogen and oxygen atoms in total. The Hall–Kier alpha value is -2.77. The molecule has 0 fully saturated rings. The molecule has 2 heterocycles. The fraction of sp³-hybridized carbons (Fsp3) is 0.261. The summed E-state index contributed by atoms with van der Waals surface area (Å²) in [7, 11) is 0. The first-order valence-electron chi connectivity index (χ1n) is 9.99. The maximum absolute atomic E-state index is 13.2. The Balaban J connectivity index is 1.93. The highest BCUT2D eigenvalue weighted by Gasteiger charge is 2.32. The molecule has 1 aliphatic rings. The lowest BCUT2D eigenvalue weighted by atomic mass is 10.1. The fourth-order valence-electron chi connectivity index (χ4n) is 3.78. The van der Waals surface area contributed by atoms with Crippen LogP contribution < -0.4 is 10.5 Å². The van der Waals surface area contributed by atoms with Crippen molar-refractivity contribution in [3.05, 3.63) is 68.7 Å². The molecular weight excluding hydrogens is 446 g/mol. The molecule has 0 radical (unpaired) electrons. The Kier molecular flexibility index (Phi) is 5.83. The zero-order chi connectivity index (χ0) is 21.3. The third-order valence-electron chi connectivity index (χ3n) is 5.17. The van der Waals surface area contributed by atoms with Gasteiger partial charge in [0.2, 0.25) is 0 Å². The topological polar surface area (TPSA) is 75.4 Å². The van der Waals surface area contributed by atoms with Crippen LogP contribution in [0.5, 0.6) is 0 Å². The Bertz CT molecular complexity index is 1220. The number of para-hydroxylation sites is 1. The standard InChI is InChI=1S/C23H22BrN3O3/c1-2-10-26-20-9-8-15(24)13-17(20)18(23(26)30)14-21-25-19-7-4-3-6-16(19)22(29)27(21)11-5-12-28/h3-4,6-9,13-14,28H,2,5,10-12H2,1H3. The van der Waals surface area contributed by atoms with Crippen LogP contribution in [0.25, 0.3) is 22.6 Å². The van der Waals surface area contributed by atoms with Crippen molar-refractivity contribution >= 4 is 50.1 Å². The van der Waals surface area contributed by atoms with Gasteiger partial charge >= 0.3 is 0 Å². The number of rotatable bonds is 6. The van der Waals surface area contributed by atoms with Gasteiger partial charge in [-0.1, -0.05) is 35.0 Å². The minimum absolute atomic E-state index is 0.0335. The summed E-state index contributed by atoms with van der Waals surface area (Å²) in [5, 5.41) is 9.81. The van der Waals surface area contributed by atoms with E-state index in [4.69, 9.17) is 0 Å². The average molecular weight is 468 g/mol. The predicted molar refractivity (Wildman–Crippen MR) is 122 cm³/mol. The Morgan fingerprint density at radius 2 is 1.93 bits per heavy atom. The summed E-state index contributed by atoms with van der Waals surface area (Å²) in [4.78, 5) is 32.8. The van der Waals surface area contributed by atoms with Crippen LogP contribution in [0.4, 0.5) is 5.69 Å². The highest BCUT2D eigenvalue weighted by Crippen LogP contribution is 2.39. The van der Waals surface area contributed by atoms with E-state index in [0.29, 0.717) is 41.8 Å². The van der Waals surface area contributed by atoms with E-state index in [1.165, 1.54) is 0 Å². The first-order valence-corrected chi connectivity index (χ1v) is 10.8. The molecular formula is C23H22BrN3O3. The van der Waals surface area contributed by atoms with Crippen LogP contribution in [0.1, 0.15) is 31.2 Å². The summed E-state index contributed by atoms with van der Waals surface area (Å²) >= 11 is 3.49. The average Bonchev–Trinajstić information content (AvgIpc) is 2.99. The number of halogens is 1. The molecule has 1 amide bonds. The van der Waals surface area contributed by atoms with Crippen LogP contribution >= 0.6 is 15.9 Å². The number of aliphatic hydroxyl groups is 1. The molecule has 1 aliphatic heterocycles. The molecule has 0 saturated carbocycles. The zero-order valence-electron chi connectivity index (χ0n) is 16.6. The Morgan fingerprint density at radius 3 is 2.70 bits per heavy atom. The van der Waals surface area contributed by atoms with Gasteiger partial charge < -0.3 is 10.0 Å². The van der Waals surface area contributed by atoms with Gasteiger partial charge in [0.1, 0.15) is 5.82 Å². The molecule has 0 unspecified atom stereocenters. The summed E-state index contributed by atoms with van der Waals surface area (Å²) in [5.41, 5.74) is 2.60. The highest BCUT2D eigenvalue weighted by atomic mass is 79.9. The van der Waals surface area contributed by atoms with Crippen LogP contribution in [0.15, 0.2) is 51.7 Å². The van der Waals surface area contributed by atoms with E-state index in [-0.39, 0.29) is 18.1 Å². The second-order valence-corrected chi connectivity index (χ2v) is 8.11. The monoisotopic (exact) mass is 467 g/mol. The lowest BCUT2D eigenvalue weighted by molar-refractivity contribution is -0.113. The summed E-state index contributed by atoms with van der Waals surface area (Å²) < 4.78 is 2.42. The lowest BCUT2D eigenvalue weighted by Gasteiger charge is -2.15. The Labute approximate surface area is 182 Å². The Morgan fingerprint density at radius 1 is 1.13 bits per heavy atom. The van der Waals surface area contributed by atoms with Gasteiger partial charge in [-0.25, -0.2) is 4.98 Å². The maximum Gasteiger partial charge on any atom is 0.261 e. The zero-order valence-corrected chi connectivity index (χ0v) is 18.2. The van der Waals surface area contributed by atoms with Gasteiger partial charge in [0.05, 0.1) is 22.2 Å². The van der Waals surface area contributed by atoms with Crippen LogP contribution in [0.3, 0.4) is 0 Å². The van der Waals surface area contributed by atoms with Crippen molar-refractivity contribution in [2.45, 2.75) is 26.3 Å². The van der Waals surface area contributed by atoms with Gasteiger partial charge in [-0.05, 0) is 49.2 Å². The molecule has 7 heteroatoms. The van der Waals surface area contributed by atoms with Gasteiger partial charge in [0.25, 0.3) is 11.5 Å². The first kappa shape index (κ1) is 20.5. The fourth-order valence-corrected chi connectivity index (χ4v) is 4.14. The third kappa shape index (κ3) is 3.59. The van der Waals surface area contributed by atoms with Crippen molar-refractivity contribution in [2.24, 2.45) is 0 Å². The van der Waals surface area contributed by atoms with E-state index >= 15 is 0 Å². The number of benzene rings is 2. The van der Waals surface area contributed by atoms with Crippen molar-refractivity contribution in [3.63, 3.8) is 0 Å². The van der Waals surface area contributed by atoms with E-state index in [0.717, 1.165) is 22.1 Å².